The Morgan fingerprint density at radius 1 is 1.21 bits per heavy atom. The molecule has 0 saturated heterocycles. The predicted molar refractivity (Wildman–Crippen MR) is 102 cm³/mol. The largest absolute Gasteiger partial charge is 0.497 e. The van der Waals surface area contributed by atoms with Gasteiger partial charge in [-0.2, -0.15) is 0 Å². The van der Waals surface area contributed by atoms with E-state index in [0.29, 0.717) is 28.8 Å². The number of ether oxygens (including phenoxy) is 2. The Bertz CT molecular complexity index is 935. The Hall–Kier alpha value is -3.29. The van der Waals surface area contributed by atoms with E-state index in [4.69, 9.17) is 14.0 Å². The molecule has 0 spiro atoms. The number of hydrogen-bond donors (Lipinski definition) is 1. The van der Waals surface area contributed by atoms with Crippen LogP contribution in [0.5, 0.6) is 11.5 Å². The third-order valence-electron chi connectivity index (χ3n) is 4.65. The molecule has 0 aliphatic heterocycles. The number of methoxy groups -OCH3 is 2. The van der Waals surface area contributed by atoms with E-state index < -0.39 is 6.04 Å². The first-order valence-electron chi connectivity index (χ1n) is 8.84. The zero-order valence-electron chi connectivity index (χ0n) is 16.6. The van der Waals surface area contributed by atoms with Crippen molar-refractivity contribution in [2.75, 3.05) is 14.2 Å². The Balaban J connectivity index is 1.95. The molecule has 0 bridgehead atoms. The van der Waals surface area contributed by atoms with Gasteiger partial charge in [-0.1, -0.05) is 5.16 Å². The molecule has 1 amide bonds. The maximum atomic E-state index is 12.8. The van der Waals surface area contributed by atoms with Crippen molar-refractivity contribution in [1.29, 1.82) is 0 Å². The molecule has 2 aromatic heterocycles. The van der Waals surface area contributed by atoms with Crippen LogP contribution in [-0.2, 0) is 18.3 Å². The summed E-state index contributed by atoms with van der Waals surface area (Å²) < 4.78 is 17.8. The molecule has 1 N–H and O–H groups in total. The molecule has 0 fully saturated rings. The molecule has 0 aliphatic carbocycles. The van der Waals surface area contributed by atoms with Crippen LogP contribution in [-0.4, -0.2) is 34.8 Å². The molecule has 2 heterocycles. The number of imidazole rings is 1. The number of carbonyl (C=O) groups excluding carboxylic acids is 1. The zero-order chi connectivity index (χ0) is 20.3. The fraction of sp³-hybridized carbons (Fsp3) is 0.350. The summed E-state index contributed by atoms with van der Waals surface area (Å²) in [4.78, 5) is 17.3. The van der Waals surface area contributed by atoms with Crippen LogP contribution in [0.15, 0.2) is 35.1 Å². The molecular formula is C20H24N4O4. The van der Waals surface area contributed by atoms with Crippen molar-refractivity contribution in [1.82, 2.24) is 20.0 Å². The number of nitrogens with one attached hydrogen (secondary N) is 1. The van der Waals surface area contributed by atoms with Gasteiger partial charge in [-0.25, -0.2) is 4.98 Å². The summed E-state index contributed by atoms with van der Waals surface area (Å²) in [5, 5.41) is 6.98. The van der Waals surface area contributed by atoms with Crippen molar-refractivity contribution < 1.29 is 18.8 Å². The van der Waals surface area contributed by atoms with Gasteiger partial charge in [0.1, 0.15) is 29.1 Å². The van der Waals surface area contributed by atoms with Crippen LogP contribution in [0.4, 0.5) is 0 Å². The fourth-order valence-electron chi connectivity index (χ4n) is 3.08. The number of aromatic nitrogens is 3. The van der Waals surface area contributed by atoms with Crippen LogP contribution in [0.25, 0.3) is 0 Å². The summed E-state index contributed by atoms with van der Waals surface area (Å²) in [7, 11) is 5.06. The SMILES string of the molecule is COc1cc(OC)cc(C(NC(=O)Cc2c(C)noc2C)c2nccn2C)c1. The van der Waals surface area contributed by atoms with Crippen LogP contribution < -0.4 is 14.8 Å². The number of aryl methyl sites for hydroxylation is 3. The highest BCUT2D eigenvalue weighted by molar-refractivity contribution is 5.79. The van der Waals surface area contributed by atoms with Crippen LogP contribution >= 0.6 is 0 Å². The molecule has 3 aromatic rings. The molecule has 3 rings (SSSR count). The number of rotatable bonds is 7. The molecule has 28 heavy (non-hydrogen) atoms. The molecule has 0 saturated carbocycles. The van der Waals surface area contributed by atoms with E-state index in [9.17, 15) is 4.79 Å². The van der Waals surface area contributed by atoms with E-state index in [0.717, 1.165) is 11.1 Å². The molecule has 1 unspecified atom stereocenters. The van der Waals surface area contributed by atoms with Crippen molar-refractivity contribution >= 4 is 5.91 Å². The van der Waals surface area contributed by atoms with Crippen molar-refractivity contribution in [2.45, 2.75) is 26.3 Å². The molecule has 1 atom stereocenters. The maximum Gasteiger partial charge on any atom is 0.225 e. The minimum atomic E-state index is -0.475. The lowest BCUT2D eigenvalue weighted by atomic mass is 10.0. The first-order valence-corrected chi connectivity index (χ1v) is 8.84. The number of hydrogen-bond acceptors (Lipinski definition) is 6. The number of nitrogens with zero attached hydrogens (tertiary/aromatic N) is 3. The summed E-state index contributed by atoms with van der Waals surface area (Å²) in [6.45, 7) is 3.62. The first-order chi connectivity index (χ1) is 13.4. The monoisotopic (exact) mass is 384 g/mol. The van der Waals surface area contributed by atoms with E-state index in [-0.39, 0.29) is 12.3 Å². The second-order valence-electron chi connectivity index (χ2n) is 6.52. The van der Waals surface area contributed by atoms with Gasteiger partial charge in [0.2, 0.25) is 5.91 Å². The van der Waals surface area contributed by atoms with Crippen LogP contribution in [0.1, 0.15) is 34.4 Å². The van der Waals surface area contributed by atoms with Gasteiger partial charge >= 0.3 is 0 Å². The minimum absolute atomic E-state index is 0.163. The van der Waals surface area contributed by atoms with Crippen molar-refractivity contribution in [2.24, 2.45) is 7.05 Å². The zero-order valence-corrected chi connectivity index (χ0v) is 16.6. The number of benzene rings is 1. The van der Waals surface area contributed by atoms with Gasteiger partial charge in [-0.15, -0.1) is 0 Å². The molecular weight excluding hydrogens is 360 g/mol. The lowest BCUT2D eigenvalue weighted by molar-refractivity contribution is -0.121. The summed E-state index contributed by atoms with van der Waals surface area (Å²) in [5.74, 6) is 2.44. The van der Waals surface area contributed by atoms with Gasteiger partial charge < -0.3 is 23.9 Å². The Kier molecular flexibility index (Phi) is 5.67. The third kappa shape index (κ3) is 4.00. The van der Waals surface area contributed by atoms with Gasteiger partial charge in [0.05, 0.1) is 26.3 Å². The topological polar surface area (TPSA) is 91.4 Å². The molecule has 148 valence electrons. The highest BCUT2D eigenvalue weighted by atomic mass is 16.5. The predicted octanol–water partition coefficient (Wildman–Crippen LogP) is 2.49. The fourth-order valence-corrected chi connectivity index (χ4v) is 3.08. The molecule has 8 nitrogen and oxygen atoms in total. The second kappa shape index (κ2) is 8.16. The standard InChI is InChI=1S/C20H24N4O4/c1-12-17(13(2)28-23-12)11-18(25)22-19(20-21-6-7-24(20)3)14-8-15(26-4)10-16(9-14)27-5/h6-10,19H,11H2,1-5H3,(H,22,25). The average molecular weight is 384 g/mol. The van der Waals surface area contributed by atoms with E-state index in [1.165, 1.54) is 0 Å². The Labute approximate surface area is 163 Å². The van der Waals surface area contributed by atoms with Crippen LogP contribution in [0.3, 0.4) is 0 Å². The van der Waals surface area contributed by atoms with Crippen molar-refractivity contribution in [3.05, 3.63) is 59.0 Å². The van der Waals surface area contributed by atoms with E-state index in [2.05, 4.69) is 15.5 Å². The molecule has 0 radical (unpaired) electrons. The van der Waals surface area contributed by atoms with Crippen molar-refractivity contribution in [3.8, 4) is 11.5 Å². The molecule has 8 heteroatoms. The summed E-state index contributed by atoms with van der Waals surface area (Å²) >= 11 is 0. The maximum absolute atomic E-state index is 12.8. The van der Waals surface area contributed by atoms with Crippen LogP contribution in [0, 0.1) is 13.8 Å². The number of amides is 1. The van der Waals surface area contributed by atoms with Gasteiger partial charge in [0.25, 0.3) is 0 Å². The lowest BCUT2D eigenvalue weighted by Gasteiger charge is -2.20. The Morgan fingerprint density at radius 3 is 2.39 bits per heavy atom. The first kappa shape index (κ1) is 19.5. The highest BCUT2D eigenvalue weighted by Gasteiger charge is 2.23. The normalized spacial score (nSPS) is 11.9. The van der Waals surface area contributed by atoms with Crippen molar-refractivity contribution in [3.63, 3.8) is 0 Å². The van der Waals surface area contributed by atoms with E-state index in [1.54, 1.807) is 33.4 Å². The van der Waals surface area contributed by atoms with Crippen LogP contribution in [0.2, 0.25) is 0 Å². The number of carbonyl (C=O) groups is 1. The minimum Gasteiger partial charge on any atom is -0.497 e. The highest BCUT2D eigenvalue weighted by Crippen LogP contribution is 2.29. The Morgan fingerprint density at radius 2 is 1.89 bits per heavy atom. The van der Waals surface area contributed by atoms with E-state index >= 15 is 0 Å². The summed E-state index contributed by atoms with van der Waals surface area (Å²) in [6, 6.07) is 5.03. The quantitative estimate of drug-likeness (QED) is 0.673. The van der Waals surface area contributed by atoms with Gasteiger partial charge in [-0.3, -0.25) is 4.79 Å². The summed E-state index contributed by atoms with van der Waals surface area (Å²) in [6.07, 6.45) is 3.70. The van der Waals surface area contributed by atoms with Gasteiger partial charge in [0, 0.05) is 31.1 Å². The summed E-state index contributed by atoms with van der Waals surface area (Å²) in [5.41, 5.74) is 2.31. The molecule has 1 aromatic carbocycles. The van der Waals surface area contributed by atoms with E-state index in [1.807, 2.05) is 36.9 Å². The molecule has 0 aliphatic rings. The van der Waals surface area contributed by atoms with Gasteiger partial charge in [-0.05, 0) is 31.5 Å². The van der Waals surface area contributed by atoms with Gasteiger partial charge in [0.15, 0.2) is 0 Å². The smallest absolute Gasteiger partial charge is 0.225 e. The second-order valence-corrected chi connectivity index (χ2v) is 6.52. The lowest BCUT2D eigenvalue weighted by Crippen LogP contribution is -2.32. The average Bonchev–Trinajstić information content (AvgIpc) is 3.25. The third-order valence-corrected chi connectivity index (χ3v) is 4.65.